The number of benzene rings is 2. The van der Waals surface area contributed by atoms with Gasteiger partial charge in [-0.15, -0.1) is 11.3 Å². The van der Waals surface area contributed by atoms with Crippen LogP contribution in [-0.2, 0) is 0 Å². The van der Waals surface area contributed by atoms with E-state index in [2.05, 4.69) is 61.5 Å². The summed E-state index contributed by atoms with van der Waals surface area (Å²) in [4.78, 5) is 4.11. The summed E-state index contributed by atoms with van der Waals surface area (Å²) >= 11 is 3.74. The third-order valence-electron chi connectivity index (χ3n) is 2.68. The molecule has 2 heteroatoms. The van der Waals surface area contributed by atoms with Gasteiger partial charge in [0.2, 0.25) is 0 Å². The molecule has 98 valence electrons. The molecule has 0 fully saturated rings. The van der Waals surface area contributed by atoms with Crippen molar-refractivity contribution in [3.05, 3.63) is 59.5 Å². The molecule has 3 aromatic rings. The maximum Gasteiger partial charge on any atom is 0.0357 e. The van der Waals surface area contributed by atoms with E-state index < -0.39 is 0 Å². The van der Waals surface area contributed by atoms with Gasteiger partial charge in [-0.05, 0) is 25.1 Å². The van der Waals surface area contributed by atoms with Crippen LogP contribution < -0.4 is 0 Å². The van der Waals surface area contributed by atoms with Gasteiger partial charge in [0.1, 0.15) is 0 Å². The molecule has 2 aromatic carbocycles. The fourth-order valence-electron chi connectivity index (χ4n) is 1.88. The van der Waals surface area contributed by atoms with Crippen molar-refractivity contribution < 1.29 is 0 Å². The van der Waals surface area contributed by atoms with E-state index in [1.807, 2.05) is 36.9 Å². The second kappa shape index (κ2) is 6.78. The molecule has 0 unspecified atom stereocenters. The molecular formula is C17H18S2. The van der Waals surface area contributed by atoms with Gasteiger partial charge in [0.05, 0.1) is 0 Å². The number of hydrogen-bond donors (Lipinski definition) is 0. The quantitative estimate of drug-likeness (QED) is 0.526. The standard InChI is InChI=1S/C15H12S2.C2H6/c1-11-15(17-12-7-3-2-4-8-12)13-9-5-6-10-14(13)16-11;1-2/h2-10H,1H3;1-2H3. The van der Waals surface area contributed by atoms with E-state index in [1.165, 1.54) is 24.8 Å². The number of rotatable bonds is 2. The minimum atomic E-state index is 1.30. The molecular weight excluding hydrogens is 268 g/mol. The highest BCUT2D eigenvalue weighted by molar-refractivity contribution is 7.99. The van der Waals surface area contributed by atoms with Crippen molar-refractivity contribution in [1.29, 1.82) is 0 Å². The minimum absolute atomic E-state index is 1.30. The molecule has 0 N–H and O–H groups in total. The zero-order valence-corrected chi connectivity index (χ0v) is 13.1. The molecule has 0 spiro atoms. The van der Waals surface area contributed by atoms with Gasteiger partial charge in [0.15, 0.2) is 0 Å². The average Bonchev–Trinajstić information content (AvgIpc) is 2.79. The molecule has 3 rings (SSSR count). The molecule has 0 nitrogen and oxygen atoms in total. The molecule has 0 aliphatic rings. The predicted octanol–water partition coefficient (Wildman–Crippen LogP) is 6.39. The van der Waals surface area contributed by atoms with Crippen LogP contribution in [0.1, 0.15) is 18.7 Å². The van der Waals surface area contributed by atoms with Crippen LogP contribution in [0, 0.1) is 6.92 Å². The van der Waals surface area contributed by atoms with Crippen molar-refractivity contribution in [3.8, 4) is 0 Å². The highest BCUT2D eigenvalue weighted by Gasteiger charge is 2.09. The molecule has 19 heavy (non-hydrogen) atoms. The Hall–Kier alpha value is -1.25. The number of thiophene rings is 1. The molecule has 0 amide bonds. The lowest BCUT2D eigenvalue weighted by Gasteiger charge is -2.01. The van der Waals surface area contributed by atoms with E-state index in [1.54, 1.807) is 0 Å². The van der Waals surface area contributed by atoms with Crippen LogP contribution in [0.15, 0.2) is 64.4 Å². The van der Waals surface area contributed by atoms with Gasteiger partial charge in [0, 0.05) is 24.8 Å². The first-order chi connectivity index (χ1) is 9.34. The first-order valence-corrected chi connectivity index (χ1v) is 8.19. The highest BCUT2D eigenvalue weighted by atomic mass is 32.2. The van der Waals surface area contributed by atoms with Crippen molar-refractivity contribution in [1.82, 2.24) is 0 Å². The van der Waals surface area contributed by atoms with E-state index >= 15 is 0 Å². The molecule has 1 aromatic heterocycles. The van der Waals surface area contributed by atoms with Crippen molar-refractivity contribution in [2.45, 2.75) is 30.6 Å². The Morgan fingerprint density at radius 1 is 0.842 bits per heavy atom. The van der Waals surface area contributed by atoms with Crippen LogP contribution in [0.4, 0.5) is 0 Å². The lowest BCUT2D eigenvalue weighted by atomic mass is 10.2. The van der Waals surface area contributed by atoms with Crippen LogP contribution in [0.2, 0.25) is 0 Å². The summed E-state index contributed by atoms with van der Waals surface area (Å²) in [6.45, 7) is 6.20. The van der Waals surface area contributed by atoms with Gasteiger partial charge in [-0.1, -0.05) is 62.0 Å². The fourth-order valence-corrected chi connectivity index (χ4v) is 4.11. The fraction of sp³-hybridized carbons (Fsp3) is 0.176. The zero-order valence-electron chi connectivity index (χ0n) is 11.5. The molecule has 0 saturated heterocycles. The van der Waals surface area contributed by atoms with E-state index in [9.17, 15) is 0 Å². The lowest BCUT2D eigenvalue weighted by Crippen LogP contribution is -1.73. The summed E-state index contributed by atoms with van der Waals surface area (Å²) in [6, 6.07) is 19.2. The van der Waals surface area contributed by atoms with Gasteiger partial charge in [-0.3, -0.25) is 0 Å². The Bertz CT molecular complexity index is 639. The van der Waals surface area contributed by atoms with Gasteiger partial charge in [-0.25, -0.2) is 0 Å². The highest BCUT2D eigenvalue weighted by Crippen LogP contribution is 2.40. The van der Waals surface area contributed by atoms with Gasteiger partial charge >= 0.3 is 0 Å². The van der Waals surface area contributed by atoms with Gasteiger partial charge < -0.3 is 0 Å². The van der Waals surface area contributed by atoms with E-state index in [0.29, 0.717) is 0 Å². The normalized spacial score (nSPS) is 10.1. The summed E-state index contributed by atoms with van der Waals surface area (Å²) < 4.78 is 1.38. The molecule has 0 bridgehead atoms. The van der Waals surface area contributed by atoms with Crippen LogP contribution in [-0.4, -0.2) is 0 Å². The van der Waals surface area contributed by atoms with Crippen molar-refractivity contribution in [2.24, 2.45) is 0 Å². The first-order valence-electron chi connectivity index (χ1n) is 6.55. The Balaban J connectivity index is 0.000000637. The Kier molecular flexibility index (Phi) is 5.06. The summed E-state index contributed by atoms with van der Waals surface area (Å²) in [6.07, 6.45) is 0. The maximum absolute atomic E-state index is 2.21. The van der Waals surface area contributed by atoms with Gasteiger partial charge in [0.25, 0.3) is 0 Å². The van der Waals surface area contributed by atoms with Crippen molar-refractivity contribution in [3.63, 3.8) is 0 Å². The first kappa shape index (κ1) is 14.2. The van der Waals surface area contributed by atoms with Crippen LogP contribution in [0.3, 0.4) is 0 Å². The smallest absolute Gasteiger partial charge is 0.0357 e. The summed E-state index contributed by atoms with van der Waals surface area (Å²) in [5.41, 5.74) is 0. The van der Waals surface area contributed by atoms with E-state index in [0.717, 1.165) is 0 Å². The van der Waals surface area contributed by atoms with Crippen LogP contribution in [0.25, 0.3) is 10.1 Å². The number of fused-ring (bicyclic) bond motifs is 1. The maximum atomic E-state index is 2.21. The predicted molar refractivity (Wildman–Crippen MR) is 88.5 cm³/mol. The van der Waals surface area contributed by atoms with Crippen molar-refractivity contribution in [2.75, 3.05) is 0 Å². The largest absolute Gasteiger partial charge is 0.139 e. The molecule has 0 atom stereocenters. The second-order valence-electron chi connectivity index (χ2n) is 3.90. The summed E-state index contributed by atoms with van der Waals surface area (Å²) in [5, 5.41) is 1.38. The summed E-state index contributed by atoms with van der Waals surface area (Å²) in [5.74, 6) is 0. The third-order valence-corrected chi connectivity index (χ3v) is 5.13. The van der Waals surface area contributed by atoms with E-state index in [-0.39, 0.29) is 0 Å². The second-order valence-corrected chi connectivity index (χ2v) is 6.24. The van der Waals surface area contributed by atoms with Crippen LogP contribution in [0.5, 0.6) is 0 Å². The molecule has 0 aliphatic carbocycles. The number of hydrogen-bond acceptors (Lipinski definition) is 2. The van der Waals surface area contributed by atoms with E-state index in [4.69, 9.17) is 0 Å². The third kappa shape index (κ3) is 3.20. The van der Waals surface area contributed by atoms with Gasteiger partial charge in [-0.2, -0.15) is 0 Å². The number of aryl methyl sites for hydroxylation is 1. The van der Waals surface area contributed by atoms with Crippen LogP contribution >= 0.6 is 23.1 Å². The minimum Gasteiger partial charge on any atom is -0.139 e. The Labute approximate surface area is 123 Å². The summed E-state index contributed by atoms with van der Waals surface area (Å²) in [7, 11) is 0. The SMILES string of the molecule is CC.Cc1sc2ccccc2c1Sc1ccccc1. The van der Waals surface area contributed by atoms with Crippen molar-refractivity contribution >= 4 is 33.2 Å². The Morgan fingerprint density at radius 3 is 2.21 bits per heavy atom. The monoisotopic (exact) mass is 286 g/mol. The topological polar surface area (TPSA) is 0 Å². The molecule has 0 aliphatic heterocycles. The zero-order chi connectivity index (χ0) is 13.7. The molecule has 0 saturated carbocycles. The Morgan fingerprint density at radius 2 is 1.47 bits per heavy atom. The lowest BCUT2D eigenvalue weighted by molar-refractivity contribution is 1.41. The molecule has 1 heterocycles. The molecule has 0 radical (unpaired) electrons. The average molecular weight is 286 g/mol.